The standard InChI is InChI=1S/C15H18O5/c1-4-19-14(17)12(15(18)20-5-2)13(16)11-8-6-10(3)7-9-11/h6-9,12H,4-5H2,1-3H3. The molecule has 108 valence electrons. The fourth-order valence-corrected chi connectivity index (χ4v) is 1.65. The molecule has 0 fully saturated rings. The van der Waals surface area contributed by atoms with Gasteiger partial charge >= 0.3 is 11.9 Å². The number of hydrogen-bond donors (Lipinski definition) is 0. The molecule has 0 bridgehead atoms. The summed E-state index contributed by atoms with van der Waals surface area (Å²) in [6.07, 6.45) is 0. The quantitative estimate of drug-likeness (QED) is 0.451. The fraction of sp³-hybridized carbons (Fsp3) is 0.400. The van der Waals surface area contributed by atoms with E-state index in [4.69, 9.17) is 9.47 Å². The summed E-state index contributed by atoms with van der Waals surface area (Å²) < 4.78 is 9.55. The van der Waals surface area contributed by atoms with Gasteiger partial charge in [0.2, 0.25) is 5.92 Å². The second-order valence-electron chi connectivity index (χ2n) is 4.17. The number of ether oxygens (including phenoxy) is 2. The van der Waals surface area contributed by atoms with Crippen molar-refractivity contribution in [1.82, 2.24) is 0 Å². The minimum atomic E-state index is -1.56. The third-order valence-corrected chi connectivity index (χ3v) is 2.64. The molecule has 0 saturated carbocycles. The van der Waals surface area contributed by atoms with Crippen LogP contribution in [0.5, 0.6) is 0 Å². The summed E-state index contributed by atoms with van der Waals surface area (Å²) >= 11 is 0. The molecule has 1 aromatic rings. The monoisotopic (exact) mass is 278 g/mol. The maximum atomic E-state index is 12.3. The lowest BCUT2D eigenvalue weighted by Gasteiger charge is -2.13. The number of carbonyl (C=O) groups excluding carboxylic acids is 3. The van der Waals surface area contributed by atoms with Crippen molar-refractivity contribution in [2.24, 2.45) is 5.92 Å². The Morgan fingerprint density at radius 1 is 0.950 bits per heavy atom. The summed E-state index contributed by atoms with van der Waals surface area (Å²) in [5, 5.41) is 0. The molecule has 0 unspecified atom stereocenters. The molecule has 0 N–H and O–H groups in total. The van der Waals surface area contributed by atoms with Crippen LogP contribution in [0.25, 0.3) is 0 Å². The molecule has 0 saturated heterocycles. The minimum absolute atomic E-state index is 0.0932. The number of rotatable bonds is 6. The Morgan fingerprint density at radius 3 is 1.80 bits per heavy atom. The molecule has 1 aromatic carbocycles. The van der Waals surface area contributed by atoms with Gasteiger partial charge in [-0.3, -0.25) is 14.4 Å². The van der Waals surface area contributed by atoms with E-state index < -0.39 is 23.6 Å². The fourth-order valence-electron chi connectivity index (χ4n) is 1.65. The average Bonchev–Trinajstić information content (AvgIpc) is 2.40. The van der Waals surface area contributed by atoms with Gasteiger partial charge in [-0.05, 0) is 20.8 Å². The summed E-state index contributed by atoms with van der Waals surface area (Å²) in [6, 6.07) is 6.62. The molecule has 5 heteroatoms. The highest BCUT2D eigenvalue weighted by atomic mass is 16.6. The van der Waals surface area contributed by atoms with Gasteiger partial charge in [0.1, 0.15) is 0 Å². The highest BCUT2D eigenvalue weighted by Gasteiger charge is 2.37. The Morgan fingerprint density at radius 2 is 1.40 bits per heavy atom. The summed E-state index contributed by atoms with van der Waals surface area (Å²) in [6.45, 7) is 5.28. The molecule has 0 aliphatic heterocycles. The number of hydrogen-bond acceptors (Lipinski definition) is 5. The van der Waals surface area contributed by atoms with Crippen LogP contribution in [0, 0.1) is 12.8 Å². The summed E-state index contributed by atoms with van der Waals surface area (Å²) in [4.78, 5) is 35.9. The minimum Gasteiger partial charge on any atom is -0.465 e. The van der Waals surface area contributed by atoms with E-state index in [0.717, 1.165) is 5.56 Å². The Kier molecular flexibility index (Phi) is 5.90. The zero-order valence-corrected chi connectivity index (χ0v) is 11.8. The van der Waals surface area contributed by atoms with Gasteiger partial charge in [0.25, 0.3) is 0 Å². The van der Waals surface area contributed by atoms with E-state index in [0.29, 0.717) is 0 Å². The van der Waals surface area contributed by atoms with E-state index >= 15 is 0 Å². The first kappa shape index (κ1) is 15.9. The van der Waals surface area contributed by atoms with Crippen LogP contribution in [0.15, 0.2) is 24.3 Å². The van der Waals surface area contributed by atoms with Crippen LogP contribution in [0.3, 0.4) is 0 Å². The number of aryl methyl sites for hydroxylation is 1. The van der Waals surface area contributed by atoms with Gasteiger partial charge in [-0.1, -0.05) is 29.8 Å². The third-order valence-electron chi connectivity index (χ3n) is 2.64. The third kappa shape index (κ3) is 3.91. The lowest BCUT2D eigenvalue weighted by atomic mass is 9.97. The van der Waals surface area contributed by atoms with E-state index in [1.165, 1.54) is 0 Å². The van der Waals surface area contributed by atoms with Crippen molar-refractivity contribution in [2.75, 3.05) is 13.2 Å². The van der Waals surface area contributed by atoms with Crippen molar-refractivity contribution >= 4 is 17.7 Å². The smallest absolute Gasteiger partial charge is 0.328 e. The number of ketones is 1. The summed E-state index contributed by atoms with van der Waals surface area (Å²) in [5.74, 6) is -3.92. The number of benzene rings is 1. The molecule has 1 rings (SSSR count). The molecule has 5 nitrogen and oxygen atoms in total. The van der Waals surface area contributed by atoms with Crippen LogP contribution < -0.4 is 0 Å². The second kappa shape index (κ2) is 7.43. The molecule has 0 amide bonds. The van der Waals surface area contributed by atoms with Gasteiger partial charge in [-0.25, -0.2) is 0 Å². The van der Waals surface area contributed by atoms with Gasteiger partial charge in [0.15, 0.2) is 5.78 Å². The van der Waals surface area contributed by atoms with Crippen molar-refractivity contribution in [3.63, 3.8) is 0 Å². The van der Waals surface area contributed by atoms with E-state index in [-0.39, 0.29) is 18.8 Å². The average molecular weight is 278 g/mol. The zero-order chi connectivity index (χ0) is 15.1. The first-order valence-corrected chi connectivity index (χ1v) is 6.45. The van der Waals surface area contributed by atoms with E-state index in [2.05, 4.69) is 0 Å². The van der Waals surface area contributed by atoms with Crippen molar-refractivity contribution in [2.45, 2.75) is 20.8 Å². The molecular formula is C15H18O5. The number of esters is 2. The predicted octanol–water partition coefficient (Wildman–Crippen LogP) is 1.92. The van der Waals surface area contributed by atoms with Crippen LogP contribution in [0.1, 0.15) is 29.8 Å². The molecule has 0 spiro atoms. The Hall–Kier alpha value is -2.17. The van der Waals surface area contributed by atoms with Crippen LogP contribution in [-0.2, 0) is 19.1 Å². The molecule has 0 radical (unpaired) electrons. The molecular weight excluding hydrogens is 260 g/mol. The van der Waals surface area contributed by atoms with Crippen molar-refractivity contribution in [1.29, 1.82) is 0 Å². The van der Waals surface area contributed by atoms with E-state index in [9.17, 15) is 14.4 Å². The van der Waals surface area contributed by atoms with Crippen LogP contribution in [0.4, 0.5) is 0 Å². The van der Waals surface area contributed by atoms with Crippen LogP contribution in [0.2, 0.25) is 0 Å². The van der Waals surface area contributed by atoms with E-state index in [1.807, 2.05) is 6.92 Å². The maximum Gasteiger partial charge on any atom is 0.328 e. The summed E-state index contributed by atoms with van der Waals surface area (Å²) in [7, 11) is 0. The lowest BCUT2D eigenvalue weighted by Crippen LogP contribution is -2.35. The predicted molar refractivity (Wildman–Crippen MR) is 72.3 cm³/mol. The first-order valence-electron chi connectivity index (χ1n) is 6.45. The van der Waals surface area contributed by atoms with Gasteiger partial charge in [0.05, 0.1) is 13.2 Å². The molecule has 0 aliphatic carbocycles. The molecule has 0 aromatic heterocycles. The van der Waals surface area contributed by atoms with Gasteiger partial charge < -0.3 is 9.47 Å². The number of carbonyl (C=O) groups is 3. The van der Waals surface area contributed by atoms with E-state index in [1.54, 1.807) is 38.1 Å². The normalized spacial score (nSPS) is 10.2. The first-order chi connectivity index (χ1) is 9.51. The Balaban J connectivity index is 3.03. The largest absolute Gasteiger partial charge is 0.465 e. The number of Topliss-reactive ketones (excluding diaryl/α,β-unsaturated/α-hetero) is 1. The molecule has 0 aliphatic rings. The molecule has 0 heterocycles. The lowest BCUT2D eigenvalue weighted by molar-refractivity contribution is -0.158. The van der Waals surface area contributed by atoms with Gasteiger partial charge in [0, 0.05) is 5.56 Å². The zero-order valence-electron chi connectivity index (χ0n) is 11.8. The SMILES string of the molecule is CCOC(=O)C(C(=O)OCC)C(=O)c1ccc(C)cc1. The van der Waals surface area contributed by atoms with Crippen LogP contribution >= 0.6 is 0 Å². The summed E-state index contributed by atoms with van der Waals surface area (Å²) in [5.41, 5.74) is 1.26. The molecule has 20 heavy (non-hydrogen) atoms. The van der Waals surface area contributed by atoms with Crippen LogP contribution in [-0.4, -0.2) is 30.9 Å². The Labute approximate surface area is 117 Å². The molecule has 0 atom stereocenters. The highest BCUT2D eigenvalue weighted by Crippen LogP contribution is 2.14. The van der Waals surface area contributed by atoms with Gasteiger partial charge in [-0.2, -0.15) is 0 Å². The Bertz CT molecular complexity index is 471. The topological polar surface area (TPSA) is 69.7 Å². The van der Waals surface area contributed by atoms with Gasteiger partial charge in [-0.15, -0.1) is 0 Å². The van der Waals surface area contributed by atoms with Crippen molar-refractivity contribution < 1.29 is 23.9 Å². The maximum absolute atomic E-state index is 12.3. The van der Waals surface area contributed by atoms with Crippen molar-refractivity contribution in [3.05, 3.63) is 35.4 Å². The second-order valence-corrected chi connectivity index (χ2v) is 4.17. The highest BCUT2D eigenvalue weighted by molar-refractivity contribution is 6.20. The van der Waals surface area contributed by atoms with Crippen molar-refractivity contribution in [3.8, 4) is 0 Å².